The van der Waals surface area contributed by atoms with Crippen molar-refractivity contribution in [2.75, 3.05) is 13.7 Å². The number of benzene rings is 1. The molecule has 1 atom stereocenters. The number of methoxy groups -OCH3 is 1. The molecule has 0 spiro atoms. The smallest absolute Gasteiger partial charge is 0.262 e. The van der Waals surface area contributed by atoms with Gasteiger partial charge in [-0.3, -0.25) is 25.2 Å². The summed E-state index contributed by atoms with van der Waals surface area (Å²) in [5, 5.41) is 0. The Hall–Kier alpha value is -3.55. The predicted molar refractivity (Wildman–Crippen MR) is 101 cm³/mol. The van der Waals surface area contributed by atoms with Crippen LogP contribution in [0.1, 0.15) is 17.7 Å². The molecule has 3 rings (SSSR count). The van der Waals surface area contributed by atoms with Crippen LogP contribution >= 0.6 is 0 Å². The lowest BCUT2D eigenvalue weighted by atomic mass is 10.1. The fourth-order valence-electron chi connectivity index (χ4n) is 2.85. The highest BCUT2D eigenvalue weighted by molar-refractivity contribution is 5.94. The second-order valence-electron chi connectivity index (χ2n) is 6.34. The van der Waals surface area contributed by atoms with Crippen molar-refractivity contribution in [3.63, 3.8) is 0 Å². The number of nitrogens with one attached hydrogen (secondary N) is 2. The Morgan fingerprint density at radius 1 is 1.25 bits per heavy atom. The van der Waals surface area contributed by atoms with Crippen molar-refractivity contribution < 1.29 is 23.5 Å². The van der Waals surface area contributed by atoms with Gasteiger partial charge >= 0.3 is 0 Å². The van der Waals surface area contributed by atoms with Gasteiger partial charge in [0.15, 0.2) is 0 Å². The van der Waals surface area contributed by atoms with Crippen LogP contribution in [-0.2, 0) is 20.9 Å². The van der Waals surface area contributed by atoms with E-state index in [4.69, 9.17) is 9.15 Å². The molecule has 1 saturated heterocycles. The Morgan fingerprint density at radius 3 is 2.71 bits per heavy atom. The summed E-state index contributed by atoms with van der Waals surface area (Å²) in [5.74, 6) is -0.134. The molecule has 1 aliphatic heterocycles. The van der Waals surface area contributed by atoms with Crippen molar-refractivity contribution in [3.8, 4) is 5.75 Å². The molecular weight excluding hydrogens is 362 g/mol. The minimum absolute atomic E-state index is 0.101. The maximum atomic E-state index is 12.2. The molecule has 28 heavy (non-hydrogen) atoms. The first-order chi connectivity index (χ1) is 13.5. The maximum absolute atomic E-state index is 12.2. The molecule has 2 heterocycles. The number of ether oxygens (including phenoxy) is 1. The van der Waals surface area contributed by atoms with E-state index in [1.807, 2.05) is 0 Å². The summed E-state index contributed by atoms with van der Waals surface area (Å²) in [6, 6.07) is 10.7. The summed E-state index contributed by atoms with van der Waals surface area (Å²) in [6.07, 6.45) is 4.56. The first-order valence-electron chi connectivity index (χ1n) is 8.77. The molecule has 8 heteroatoms. The molecule has 3 amide bonds. The van der Waals surface area contributed by atoms with Crippen LogP contribution in [-0.4, -0.2) is 36.3 Å². The van der Waals surface area contributed by atoms with Gasteiger partial charge in [-0.1, -0.05) is 12.1 Å². The van der Waals surface area contributed by atoms with Gasteiger partial charge in [0.05, 0.1) is 25.8 Å². The van der Waals surface area contributed by atoms with Gasteiger partial charge in [-0.15, -0.1) is 0 Å². The summed E-state index contributed by atoms with van der Waals surface area (Å²) < 4.78 is 10.3. The Labute approximate surface area is 162 Å². The van der Waals surface area contributed by atoms with Crippen LogP contribution < -0.4 is 15.6 Å². The summed E-state index contributed by atoms with van der Waals surface area (Å²) in [5.41, 5.74) is 5.51. The average Bonchev–Trinajstić information content (AvgIpc) is 3.35. The number of amides is 3. The molecule has 1 unspecified atom stereocenters. The highest BCUT2D eigenvalue weighted by atomic mass is 16.5. The number of hydrogen-bond donors (Lipinski definition) is 2. The third-order valence-corrected chi connectivity index (χ3v) is 4.36. The van der Waals surface area contributed by atoms with Crippen LogP contribution in [0, 0.1) is 5.92 Å². The van der Waals surface area contributed by atoms with Crippen LogP contribution in [0.2, 0.25) is 0 Å². The van der Waals surface area contributed by atoms with Gasteiger partial charge in [0, 0.05) is 19.0 Å². The zero-order valence-electron chi connectivity index (χ0n) is 15.4. The van der Waals surface area contributed by atoms with Gasteiger partial charge < -0.3 is 14.1 Å². The Bertz CT molecular complexity index is 858. The third kappa shape index (κ3) is 5.00. The molecule has 0 saturated carbocycles. The van der Waals surface area contributed by atoms with E-state index in [1.54, 1.807) is 54.5 Å². The highest BCUT2D eigenvalue weighted by Gasteiger charge is 2.34. The minimum Gasteiger partial charge on any atom is -0.497 e. The van der Waals surface area contributed by atoms with E-state index in [9.17, 15) is 14.4 Å². The normalized spacial score (nSPS) is 16.4. The van der Waals surface area contributed by atoms with E-state index in [1.165, 1.54) is 12.3 Å². The van der Waals surface area contributed by atoms with Crippen LogP contribution in [0.4, 0.5) is 0 Å². The van der Waals surface area contributed by atoms with E-state index >= 15 is 0 Å². The van der Waals surface area contributed by atoms with Gasteiger partial charge in [0.2, 0.25) is 11.8 Å². The first-order valence-corrected chi connectivity index (χ1v) is 8.77. The molecule has 1 aromatic carbocycles. The van der Waals surface area contributed by atoms with Crippen molar-refractivity contribution in [1.29, 1.82) is 0 Å². The molecule has 0 radical (unpaired) electrons. The van der Waals surface area contributed by atoms with Gasteiger partial charge in [0.25, 0.3) is 5.91 Å². The molecule has 1 aliphatic rings. The lowest BCUT2D eigenvalue weighted by Crippen LogP contribution is -2.44. The molecule has 1 fully saturated rings. The quantitative estimate of drug-likeness (QED) is 0.582. The molecule has 1 aromatic heterocycles. The molecule has 146 valence electrons. The van der Waals surface area contributed by atoms with Crippen molar-refractivity contribution in [3.05, 3.63) is 60.1 Å². The second-order valence-corrected chi connectivity index (χ2v) is 6.34. The largest absolute Gasteiger partial charge is 0.497 e. The van der Waals surface area contributed by atoms with Gasteiger partial charge in [-0.05, 0) is 35.9 Å². The Kier molecular flexibility index (Phi) is 6.11. The van der Waals surface area contributed by atoms with Crippen molar-refractivity contribution in [1.82, 2.24) is 15.8 Å². The summed E-state index contributed by atoms with van der Waals surface area (Å²) >= 11 is 0. The maximum Gasteiger partial charge on any atom is 0.262 e. The first kappa shape index (κ1) is 19.2. The molecule has 8 nitrogen and oxygen atoms in total. The molecule has 2 N–H and O–H groups in total. The zero-order chi connectivity index (χ0) is 19.9. The molecule has 0 bridgehead atoms. The third-order valence-electron chi connectivity index (χ3n) is 4.36. The monoisotopic (exact) mass is 383 g/mol. The number of nitrogens with zero attached hydrogens (tertiary/aromatic N) is 1. The Morgan fingerprint density at radius 2 is 2.04 bits per heavy atom. The molecular formula is C20H21N3O5. The predicted octanol–water partition coefficient (Wildman–Crippen LogP) is 1.50. The lowest BCUT2D eigenvalue weighted by molar-refractivity contribution is -0.130. The average molecular weight is 383 g/mol. The number of hydrogen-bond acceptors (Lipinski definition) is 5. The van der Waals surface area contributed by atoms with E-state index in [-0.39, 0.29) is 18.9 Å². The highest BCUT2D eigenvalue weighted by Crippen LogP contribution is 2.20. The topological polar surface area (TPSA) is 101 Å². The minimum atomic E-state index is -0.520. The Balaban J connectivity index is 1.45. The van der Waals surface area contributed by atoms with Crippen LogP contribution in [0.3, 0.4) is 0 Å². The fourth-order valence-corrected chi connectivity index (χ4v) is 2.85. The fraction of sp³-hybridized carbons (Fsp3) is 0.250. The SMILES string of the molecule is COc1ccc(/C=C/C(=O)NNC(=O)C2CC(=O)N(Cc3ccco3)C2)cc1. The van der Waals surface area contributed by atoms with Crippen LogP contribution in [0.25, 0.3) is 6.08 Å². The number of carbonyl (C=O) groups excluding carboxylic acids is 3. The standard InChI is InChI=1S/C20H21N3O5/c1-27-16-7-4-14(5-8-16)6-9-18(24)21-22-20(26)15-11-19(25)23(12-15)13-17-3-2-10-28-17/h2-10,15H,11-13H2,1H3,(H,21,24)(H,22,26)/b9-6+. The van der Waals surface area contributed by atoms with E-state index < -0.39 is 17.7 Å². The molecule has 2 aromatic rings. The van der Waals surface area contributed by atoms with Crippen LogP contribution in [0.15, 0.2) is 53.2 Å². The second kappa shape index (κ2) is 8.90. The van der Waals surface area contributed by atoms with Gasteiger partial charge in [-0.2, -0.15) is 0 Å². The van der Waals surface area contributed by atoms with E-state index in [0.717, 1.165) is 11.3 Å². The summed E-state index contributed by atoms with van der Waals surface area (Å²) in [7, 11) is 1.58. The molecule has 0 aliphatic carbocycles. The zero-order valence-corrected chi connectivity index (χ0v) is 15.4. The number of furan rings is 1. The summed E-state index contributed by atoms with van der Waals surface area (Å²) in [6.45, 7) is 0.607. The lowest BCUT2D eigenvalue weighted by Gasteiger charge is -2.15. The van der Waals surface area contributed by atoms with Crippen LogP contribution in [0.5, 0.6) is 5.75 Å². The van der Waals surface area contributed by atoms with Gasteiger partial charge in [0.1, 0.15) is 11.5 Å². The van der Waals surface area contributed by atoms with Gasteiger partial charge in [-0.25, -0.2) is 0 Å². The van der Waals surface area contributed by atoms with E-state index in [0.29, 0.717) is 12.3 Å². The number of carbonyl (C=O) groups is 3. The van der Waals surface area contributed by atoms with Crippen molar-refractivity contribution in [2.24, 2.45) is 5.92 Å². The van der Waals surface area contributed by atoms with Crippen molar-refractivity contribution in [2.45, 2.75) is 13.0 Å². The number of likely N-dealkylation sites (tertiary alicyclic amines) is 1. The number of hydrazine groups is 1. The summed E-state index contributed by atoms with van der Waals surface area (Å²) in [4.78, 5) is 37.7. The number of rotatable bonds is 6. The van der Waals surface area contributed by atoms with Crippen molar-refractivity contribution >= 4 is 23.8 Å². The van der Waals surface area contributed by atoms with E-state index in [2.05, 4.69) is 10.9 Å².